The molecule has 0 spiro atoms. The number of carbonyl (C=O) groups excluding carboxylic acids is 1. The van der Waals surface area contributed by atoms with Crippen molar-refractivity contribution in [1.29, 1.82) is 0 Å². The summed E-state index contributed by atoms with van der Waals surface area (Å²) in [7, 11) is 1.65. The van der Waals surface area contributed by atoms with Crippen molar-refractivity contribution in [3.8, 4) is 0 Å². The first-order chi connectivity index (χ1) is 9.76. The quantitative estimate of drug-likeness (QED) is 0.840. The van der Waals surface area contributed by atoms with Crippen molar-refractivity contribution in [3.05, 3.63) is 23.4 Å². The molecule has 0 saturated heterocycles. The summed E-state index contributed by atoms with van der Waals surface area (Å²) >= 11 is 0. The molecule has 0 fully saturated rings. The van der Waals surface area contributed by atoms with Gasteiger partial charge in [0.25, 0.3) is 0 Å². The summed E-state index contributed by atoms with van der Waals surface area (Å²) in [5, 5.41) is 6.10. The SMILES string of the molecule is CCN(CC(=O)NC)c1ncc(CNC(C)(C)C)cc1C. The fourth-order valence-electron chi connectivity index (χ4n) is 2.01. The maximum Gasteiger partial charge on any atom is 0.239 e. The molecule has 0 radical (unpaired) electrons. The summed E-state index contributed by atoms with van der Waals surface area (Å²) < 4.78 is 0. The molecule has 5 heteroatoms. The molecular weight excluding hydrogens is 264 g/mol. The van der Waals surface area contributed by atoms with Crippen molar-refractivity contribution >= 4 is 11.7 Å². The van der Waals surface area contributed by atoms with E-state index >= 15 is 0 Å². The zero-order chi connectivity index (χ0) is 16.0. The highest BCUT2D eigenvalue weighted by Gasteiger charge is 2.14. The van der Waals surface area contributed by atoms with Gasteiger partial charge in [-0.25, -0.2) is 4.98 Å². The first kappa shape index (κ1) is 17.4. The number of amides is 1. The summed E-state index contributed by atoms with van der Waals surface area (Å²) in [5.41, 5.74) is 2.33. The predicted octanol–water partition coefficient (Wildman–Crippen LogP) is 1.85. The maximum absolute atomic E-state index is 11.6. The lowest BCUT2D eigenvalue weighted by Gasteiger charge is -2.24. The summed E-state index contributed by atoms with van der Waals surface area (Å²) in [5.74, 6) is 0.872. The number of carbonyl (C=O) groups is 1. The summed E-state index contributed by atoms with van der Waals surface area (Å²) in [4.78, 5) is 18.1. The van der Waals surface area contributed by atoms with Gasteiger partial charge in [0, 0.05) is 31.9 Å². The first-order valence-corrected chi connectivity index (χ1v) is 7.43. The molecule has 0 atom stereocenters. The van der Waals surface area contributed by atoms with Crippen LogP contribution in [0, 0.1) is 6.92 Å². The number of nitrogens with one attached hydrogen (secondary N) is 2. The lowest BCUT2D eigenvalue weighted by atomic mass is 10.1. The molecule has 0 aliphatic carbocycles. The Morgan fingerprint density at radius 3 is 2.52 bits per heavy atom. The molecule has 118 valence electrons. The molecule has 0 unspecified atom stereocenters. The van der Waals surface area contributed by atoms with Crippen LogP contribution in [-0.2, 0) is 11.3 Å². The topological polar surface area (TPSA) is 57.3 Å². The average molecular weight is 292 g/mol. The molecule has 0 aromatic carbocycles. The van der Waals surface area contributed by atoms with Crippen LogP contribution in [0.15, 0.2) is 12.3 Å². The molecule has 1 aromatic rings. The third-order valence-electron chi connectivity index (χ3n) is 3.22. The Labute approximate surface area is 128 Å². The highest BCUT2D eigenvalue weighted by atomic mass is 16.1. The molecule has 1 rings (SSSR count). The number of aryl methyl sites for hydroxylation is 1. The minimum absolute atomic E-state index is 0.00322. The van der Waals surface area contributed by atoms with E-state index in [4.69, 9.17) is 0 Å². The predicted molar refractivity (Wildman–Crippen MR) is 87.5 cm³/mol. The van der Waals surface area contributed by atoms with Crippen LogP contribution in [-0.4, -0.2) is 36.6 Å². The van der Waals surface area contributed by atoms with Gasteiger partial charge in [0.05, 0.1) is 6.54 Å². The lowest BCUT2D eigenvalue weighted by Crippen LogP contribution is -2.36. The lowest BCUT2D eigenvalue weighted by molar-refractivity contribution is -0.119. The maximum atomic E-state index is 11.6. The van der Waals surface area contributed by atoms with Crippen LogP contribution in [0.1, 0.15) is 38.8 Å². The minimum atomic E-state index is -0.00322. The van der Waals surface area contributed by atoms with Gasteiger partial charge in [-0.1, -0.05) is 0 Å². The first-order valence-electron chi connectivity index (χ1n) is 7.43. The number of rotatable bonds is 6. The monoisotopic (exact) mass is 292 g/mol. The fraction of sp³-hybridized carbons (Fsp3) is 0.625. The summed E-state index contributed by atoms with van der Waals surface area (Å²) in [6.07, 6.45) is 1.88. The Balaban J connectivity index is 2.83. The normalized spacial score (nSPS) is 11.3. The Kier molecular flexibility index (Phi) is 6.15. The minimum Gasteiger partial charge on any atom is -0.358 e. The van der Waals surface area contributed by atoms with Crippen LogP contribution in [0.3, 0.4) is 0 Å². The molecule has 0 aliphatic rings. The van der Waals surface area contributed by atoms with Crippen LogP contribution in [0.5, 0.6) is 0 Å². The molecular formula is C16H28N4O. The number of hydrogen-bond acceptors (Lipinski definition) is 4. The third kappa shape index (κ3) is 5.71. The van der Waals surface area contributed by atoms with Crippen molar-refractivity contribution < 1.29 is 4.79 Å². The van der Waals surface area contributed by atoms with Gasteiger partial charge >= 0.3 is 0 Å². The van der Waals surface area contributed by atoms with Crippen LogP contribution < -0.4 is 15.5 Å². The Morgan fingerprint density at radius 1 is 1.38 bits per heavy atom. The van der Waals surface area contributed by atoms with Crippen molar-refractivity contribution in [1.82, 2.24) is 15.6 Å². The number of anilines is 1. The highest BCUT2D eigenvalue weighted by molar-refractivity contribution is 5.80. The van der Waals surface area contributed by atoms with E-state index in [0.717, 1.165) is 30.0 Å². The second kappa shape index (κ2) is 7.41. The summed E-state index contributed by atoms with van der Waals surface area (Å²) in [6, 6.07) is 2.13. The van der Waals surface area contributed by atoms with Crippen LogP contribution in [0.4, 0.5) is 5.82 Å². The zero-order valence-electron chi connectivity index (χ0n) is 14.1. The fourth-order valence-corrected chi connectivity index (χ4v) is 2.01. The second-order valence-corrected chi connectivity index (χ2v) is 6.27. The zero-order valence-corrected chi connectivity index (χ0v) is 14.1. The van der Waals surface area contributed by atoms with E-state index in [1.54, 1.807) is 7.05 Å². The van der Waals surface area contributed by atoms with E-state index in [0.29, 0.717) is 6.54 Å². The van der Waals surface area contributed by atoms with Gasteiger partial charge in [0.1, 0.15) is 5.82 Å². The van der Waals surface area contributed by atoms with Crippen LogP contribution in [0.2, 0.25) is 0 Å². The molecule has 0 saturated carbocycles. The highest BCUT2D eigenvalue weighted by Crippen LogP contribution is 2.18. The van der Waals surface area contributed by atoms with Gasteiger partial charge in [0.2, 0.25) is 5.91 Å². The van der Waals surface area contributed by atoms with E-state index in [9.17, 15) is 4.79 Å². The van der Waals surface area contributed by atoms with E-state index in [2.05, 4.69) is 42.5 Å². The van der Waals surface area contributed by atoms with E-state index < -0.39 is 0 Å². The largest absolute Gasteiger partial charge is 0.358 e. The van der Waals surface area contributed by atoms with Crippen LogP contribution in [0.25, 0.3) is 0 Å². The molecule has 21 heavy (non-hydrogen) atoms. The van der Waals surface area contributed by atoms with Gasteiger partial charge in [-0.15, -0.1) is 0 Å². The van der Waals surface area contributed by atoms with E-state index in [-0.39, 0.29) is 11.4 Å². The van der Waals surface area contributed by atoms with Gasteiger partial charge in [0.15, 0.2) is 0 Å². The number of nitrogens with zero attached hydrogens (tertiary/aromatic N) is 2. The van der Waals surface area contributed by atoms with Crippen molar-refractivity contribution in [3.63, 3.8) is 0 Å². The van der Waals surface area contributed by atoms with E-state index in [1.165, 1.54) is 0 Å². The van der Waals surface area contributed by atoms with Gasteiger partial charge in [-0.3, -0.25) is 4.79 Å². The van der Waals surface area contributed by atoms with Crippen molar-refractivity contribution in [2.24, 2.45) is 0 Å². The van der Waals surface area contributed by atoms with Crippen molar-refractivity contribution in [2.75, 3.05) is 25.0 Å². The molecule has 1 aromatic heterocycles. The standard InChI is InChI=1S/C16H28N4O/c1-7-20(11-14(21)17-6)15-12(2)8-13(9-18-15)10-19-16(3,4)5/h8-9,19H,7,10-11H2,1-6H3,(H,17,21). The molecule has 2 N–H and O–H groups in total. The number of hydrogen-bond donors (Lipinski definition) is 2. The molecule has 0 aliphatic heterocycles. The third-order valence-corrected chi connectivity index (χ3v) is 3.22. The van der Waals surface area contributed by atoms with Crippen LogP contribution >= 0.6 is 0 Å². The average Bonchev–Trinajstić information content (AvgIpc) is 2.42. The smallest absolute Gasteiger partial charge is 0.239 e. The molecule has 1 amide bonds. The van der Waals surface area contributed by atoms with Crippen molar-refractivity contribution in [2.45, 2.75) is 46.7 Å². The second-order valence-electron chi connectivity index (χ2n) is 6.27. The van der Waals surface area contributed by atoms with Gasteiger partial charge < -0.3 is 15.5 Å². The Morgan fingerprint density at radius 2 is 2.05 bits per heavy atom. The molecule has 0 bridgehead atoms. The number of aromatic nitrogens is 1. The van der Waals surface area contributed by atoms with Gasteiger partial charge in [-0.2, -0.15) is 0 Å². The molecule has 1 heterocycles. The summed E-state index contributed by atoms with van der Waals surface area (Å²) in [6.45, 7) is 12.4. The van der Waals surface area contributed by atoms with Gasteiger partial charge in [-0.05, 0) is 51.8 Å². The number of likely N-dealkylation sites (N-methyl/N-ethyl adjacent to an activating group) is 2. The number of pyridine rings is 1. The Hall–Kier alpha value is -1.62. The van der Waals surface area contributed by atoms with E-state index in [1.807, 2.05) is 24.9 Å². The molecule has 5 nitrogen and oxygen atoms in total. The Bertz CT molecular complexity index is 480.